The van der Waals surface area contributed by atoms with E-state index in [2.05, 4.69) is 66.0 Å². The molecule has 232 valence electrons. The number of nitrogens with zero attached hydrogens (tertiary/aromatic N) is 1. The summed E-state index contributed by atoms with van der Waals surface area (Å²) in [5, 5.41) is 8.07. The zero-order valence-corrected chi connectivity index (χ0v) is 28.6. The van der Waals surface area contributed by atoms with Crippen LogP contribution in [0.1, 0.15) is 116 Å². The van der Waals surface area contributed by atoms with E-state index in [0.717, 1.165) is 30.0 Å². The van der Waals surface area contributed by atoms with E-state index in [4.69, 9.17) is 4.74 Å². The number of unbranched alkanes of at least 4 members (excludes halogenated alkanes) is 11. The molecule has 0 aliphatic heterocycles. The fraction of sp³-hybridized carbons (Fsp3) is 0.543. The van der Waals surface area contributed by atoms with E-state index in [1.165, 1.54) is 76.2 Å². The number of thiazole rings is 1. The summed E-state index contributed by atoms with van der Waals surface area (Å²) in [5.74, 6) is 0.779. The Morgan fingerprint density at radius 1 is 0.833 bits per heavy atom. The highest BCUT2D eigenvalue weighted by Gasteiger charge is 2.22. The van der Waals surface area contributed by atoms with Crippen LogP contribution < -0.4 is 36.9 Å². The third kappa shape index (κ3) is 13.3. The second kappa shape index (κ2) is 19.7. The number of para-hydroxylation sites is 1. The molecule has 2 amide bonds. The highest BCUT2D eigenvalue weighted by molar-refractivity contribution is 7.07. The quantitative estimate of drug-likeness (QED) is 0.113. The summed E-state index contributed by atoms with van der Waals surface area (Å²) in [6.07, 6.45) is 17.9. The van der Waals surface area contributed by atoms with Crippen molar-refractivity contribution < 1.29 is 31.1 Å². The summed E-state index contributed by atoms with van der Waals surface area (Å²) in [6, 6.07) is 13.7. The Morgan fingerprint density at radius 3 is 2.02 bits per heavy atom. The third-order valence-corrected chi connectivity index (χ3v) is 8.09. The second-order valence-corrected chi connectivity index (χ2v) is 12.9. The van der Waals surface area contributed by atoms with Crippen molar-refractivity contribution >= 4 is 28.7 Å². The van der Waals surface area contributed by atoms with E-state index in [1.807, 2.05) is 36.4 Å². The van der Waals surface area contributed by atoms with Gasteiger partial charge in [-0.25, -0.2) is 4.79 Å². The fourth-order valence-electron chi connectivity index (χ4n) is 5.04. The summed E-state index contributed by atoms with van der Waals surface area (Å²) in [7, 11) is 0. The van der Waals surface area contributed by atoms with E-state index >= 15 is 0 Å². The Balaban J connectivity index is 0.00000616. The van der Waals surface area contributed by atoms with Crippen molar-refractivity contribution in [3.63, 3.8) is 0 Å². The molecule has 2 N–H and O–H groups in total. The van der Waals surface area contributed by atoms with Crippen molar-refractivity contribution in [3.05, 3.63) is 70.7 Å². The van der Waals surface area contributed by atoms with Crippen LogP contribution in [0.4, 0.5) is 16.2 Å². The Hall–Kier alpha value is -2.38. The molecule has 42 heavy (non-hydrogen) atoms. The fourth-order valence-corrected chi connectivity index (χ4v) is 5.64. The molecular formula is C35H52BrN3O2S. The number of rotatable bonds is 18. The number of nitrogens with one attached hydrogen (secondary N) is 2. The minimum Gasteiger partial charge on any atom is -1.00 e. The molecule has 0 unspecified atom stereocenters. The molecule has 0 saturated carbocycles. The maximum absolute atomic E-state index is 12.9. The van der Waals surface area contributed by atoms with Crippen LogP contribution in [-0.2, 0) is 12.0 Å². The molecule has 1 heterocycles. The van der Waals surface area contributed by atoms with Gasteiger partial charge in [-0.15, -0.1) is 0 Å². The number of hydrogen-bond donors (Lipinski definition) is 2. The number of aromatic nitrogens is 1. The lowest BCUT2D eigenvalue weighted by molar-refractivity contribution is -0.683. The van der Waals surface area contributed by atoms with Crippen LogP contribution in [0.2, 0.25) is 0 Å². The number of hydrogen-bond acceptors (Lipinski definition) is 3. The van der Waals surface area contributed by atoms with Gasteiger partial charge in [0, 0.05) is 16.8 Å². The van der Waals surface area contributed by atoms with E-state index in [0.29, 0.717) is 12.3 Å². The van der Waals surface area contributed by atoms with Crippen molar-refractivity contribution in [2.24, 2.45) is 0 Å². The molecule has 2 aromatic carbocycles. The topological polar surface area (TPSA) is 54.2 Å². The Bertz CT molecular complexity index is 1140. The highest BCUT2D eigenvalue weighted by atomic mass is 79.9. The van der Waals surface area contributed by atoms with Gasteiger partial charge < -0.3 is 32.4 Å². The monoisotopic (exact) mass is 657 g/mol. The lowest BCUT2D eigenvalue weighted by Crippen LogP contribution is -3.00. The summed E-state index contributed by atoms with van der Waals surface area (Å²) in [5.41, 5.74) is 5.74. The van der Waals surface area contributed by atoms with Crippen molar-refractivity contribution in [2.45, 2.75) is 117 Å². The molecule has 3 aromatic rings. The van der Waals surface area contributed by atoms with E-state index in [9.17, 15) is 4.79 Å². The van der Waals surface area contributed by atoms with Crippen LogP contribution in [-0.4, -0.2) is 12.6 Å². The highest BCUT2D eigenvalue weighted by Crippen LogP contribution is 2.37. The number of benzene rings is 2. The summed E-state index contributed by atoms with van der Waals surface area (Å²) in [6.45, 7) is 10.3. The minimum absolute atomic E-state index is 0. The van der Waals surface area contributed by atoms with Gasteiger partial charge in [0.1, 0.15) is 5.75 Å². The Morgan fingerprint density at radius 2 is 1.45 bits per heavy atom. The summed E-state index contributed by atoms with van der Waals surface area (Å²) in [4.78, 5) is 12.9. The Kier molecular flexibility index (Phi) is 16.8. The van der Waals surface area contributed by atoms with E-state index < -0.39 is 0 Å². The minimum atomic E-state index is -0.272. The van der Waals surface area contributed by atoms with Crippen LogP contribution >= 0.6 is 11.3 Å². The number of halogens is 1. The average Bonchev–Trinajstić information content (AvgIpc) is 3.45. The Labute approximate surface area is 269 Å². The van der Waals surface area contributed by atoms with Crippen molar-refractivity contribution in [2.75, 3.05) is 17.2 Å². The SMILES string of the molecule is CCCCCCCCCCCCCCOc1c(NC(=O)Nc2ccc(C[n+]3ccsc3)cc2)cccc1C(C)(C)C.[Br-]. The number of urea groups is 1. The lowest BCUT2D eigenvalue weighted by Gasteiger charge is -2.25. The van der Waals surface area contributed by atoms with Crippen molar-refractivity contribution in [3.8, 4) is 5.75 Å². The zero-order valence-electron chi connectivity index (χ0n) is 26.2. The van der Waals surface area contributed by atoms with Crippen LogP contribution in [0.5, 0.6) is 5.75 Å². The molecule has 0 radical (unpaired) electrons. The number of amides is 2. The van der Waals surface area contributed by atoms with Gasteiger partial charge in [0.2, 0.25) is 5.51 Å². The second-order valence-electron chi connectivity index (χ2n) is 12.1. The van der Waals surface area contributed by atoms with Gasteiger partial charge in [-0.2, -0.15) is 4.57 Å². The molecule has 0 aliphatic rings. The smallest absolute Gasteiger partial charge is 0.323 e. The van der Waals surface area contributed by atoms with Gasteiger partial charge in [-0.3, -0.25) is 0 Å². The molecule has 1 aromatic heterocycles. The lowest BCUT2D eigenvalue weighted by atomic mass is 9.86. The largest absolute Gasteiger partial charge is 1.00 e. The third-order valence-electron chi connectivity index (χ3n) is 7.42. The molecule has 0 fully saturated rings. The zero-order chi connectivity index (χ0) is 29.3. The normalized spacial score (nSPS) is 11.1. The molecular weight excluding hydrogens is 606 g/mol. The standard InChI is InChI=1S/C35H51N3O2S.BrH/c1-5-6-7-8-9-10-11-12-13-14-15-16-25-40-33-31(35(2,3)4)18-17-19-32(33)37-34(39)36-30-22-20-29(21-23-30)27-38-24-26-41-28-38;/h17-24,26,28H,5-16,25,27H2,1-4H3,(H-,36,37,39);1H. The van der Waals surface area contributed by atoms with Gasteiger partial charge in [0.15, 0.2) is 12.7 Å². The molecule has 0 saturated heterocycles. The van der Waals surface area contributed by atoms with Gasteiger partial charge in [-0.1, -0.05) is 134 Å². The van der Waals surface area contributed by atoms with Crippen LogP contribution in [0.15, 0.2) is 59.6 Å². The first-order valence-corrected chi connectivity index (χ1v) is 16.7. The van der Waals surface area contributed by atoms with Crippen LogP contribution in [0, 0.1) is 0 Å². The first kappa shape index (κ1) is 35.8. The number of carbonyl (C=O) groups excluding carboxylic acids is 1. The molecule has 0 bridgehead atoms. The van der Waals surface area contributed by atoms with Crippen LogP contribution in [0.25, 0.3) is 0 Å². The van der Waals surface area contributed by atoms with Crippen molar-refractivity contribution in [1.29, 1.82) is 0 Å². The predicted molar refractivity (Wildman–Crippen MR) is 174 cm³/mol. The molecule has 7 heteroatoms. The number of carbonyl (C=O) groups is 1. The number of anilines is 2. The van der Waals surface area contributed by atoms with Gasteiger partial charge >= 0.3 is 6.03 Å². The first-order valence-electron chi connectivity index (χ1n) is 15.7. The first-order chi connectivity index (χ1) is 19.9. The molecule has 0 atom stereocenters. The van der Waals surface area contributed by atoms with Crippen molar-refractivity contribution in [1.82, 2.24) is 0 Å². The summed E-state index contributed by atoms with van der Waals surface area (Å²) < 4.78 is 8.50. The van der Waals surface area contributed by atoms with E-state index in [1.54, 1.807) is 11.3 Å². The van der Waals surface area contributed by atoms with E-state index in [-0.39, 0.29) is 28.4 Å². The molecule has 0 aliphatic carbocycles. The predicted octanol–water partition coefficient (Wildman–Crippen LogP) is 7.11. The molecule has 3 rings (SSSR count). The summed E-state index contributed by atoms with van der Waals surface area (Å²) >= 11 is 1.68. The molecule has 5 nitrogen and oxygen atoms in total. The van der Waals surface area contributed by atoms with Crippen LogP contribution in [0.3, 0.4) is 0 Å². The average molecular weight is 659 g/mol. The maximum atomic E-state index is 12.9. The van der Waals surface area contributed by atoms with Gasteiger partial charge in [0.05, 0.1) is 17.7 Å². The van der Waals surface area contributed by atoms with Gasteiger partial charge in [0.25, 0.3) is 0 Å². The maximum Gasteiger partial charge on any atom is 0.323 e. The molecule has 0 spiro atoms. The van der Waals surface area contributed by atoms with Gasteiger partial charge in [-0.05, 0) is 30.0 Å². The number of ether oxygens (including phenoxy) is 1.